The molecule has 122 valence electrons. The van der Waals surface area contributed by atoms with Crippen molar-refractivity contribution in [1.29, 1.82) is 0 Å². The first-order valence-electron chi connectivity index (χ1n) is 7.17. The molecule has 2 rings (SSSR count). The van der Waals surface area contributed by atoms with Crippen LogP contribution >= 0.6 is 34.2 Å². The SMILES string of the molecule is CC(C)(C)OC(=O)N1CCCC(Nc2nc(Cl)ncc2I)C1. The van der Waals surface area contributed by atoms with Gasteiger partial charge < -0.3 is 15.0 Å². The van der Waals surface area contributed by atoms with Crippen LogP contribution < -0.4 is 5.32 Å². The lowest BCUT2D eigenvalue weighted by atomic mass is 10.1. The Morgan fingerprint density at radius 3 is 2.95 bits per heavy atom. The summed E-state index contributed by atoms with van der Waals surface area (Å²) < 4.78 is 6.33. The molecule has 1 saturated heterocycles. The van der Waals surface area contributed by atoms with E-state index in [0.717, 1.165) is 16.4 Å². The molecule has 1 aromatic rings. The van der Waals surface area contributed by atoms with E-state index >= 15 is 0 Å². The van der Waals surface area contributed by atoms with Gasteiger partial charge in [0, 0.05) is 25.3 Å². The van der Waals surface area contributed by atoms with Crippen LogP contribution in [0.1, 0.15) is 33.6 Å². The van der Waals surface area contributed by atoms with Crippen LogP contribution in [0.3, 0.4) is 0 Å². The van der Waals surface area contributed by atoms with Crippen molar-refractivity contribution >= 4 is 46.1 Å². The summed E-state index contributed by atoms with van der Waals surface area (Å²) in [5.41, 5.74) is -0.479. The highest BCUT2D eigenvalue weighted by atomic mass is 127. The first-order chi connectivity index (χ1) is 10.2. The van der Waals surface area contributed by atoms with Gasteiger partial charge in [0.1, 0.15) is 11.4 Å². The molecule has 1 atom stereocenters. The van der Waals surface area contributed by atoms with Crippen LogP contribution in [0, 0.1) is 3.57 Å². The average molecular weight is 439 g/mol. The summed E-state index contributed by atoms with van der Waals surface area (Å²) in [4.78, 5) is 22.0. The van der Waals surface area contributed by atoms with Crippen molar-refractivity contribution in [2.45, 2.75) is 45.3 Å². The van der Waals surface area contributed by atoms with Gasteiger partial charge in [0.15, 0.2) is 0 Å². The molecule has 1 unspecified atom stereocenters. The highest BCUT2D eigenvalue weighted by Crippen LogP contribution is 2.21. The van der Waals surface area contributed by atoms with Crippen LogP contribution in [0.15, 0.2) is 6.20 Å². The van der Waals surface area contributed by atoms with E-state index in [1.165, 1.54) is 0 Å². The van der Waals surface area contributed by atoms with E-state index in [2.05, 4.69) is 37.9 Å². The number of carbonyl (C=O) groups excluding carboxylic acids is 1. The zero-order valence-electron chi connectivity index (χ0n) is 12.9. The van der Waals surface area contributed by atoms with Gasteiger partial charge in [-0.15, -0.1) is 0 Å². The molecular formula is C14H20ClIN4O2. The number of nitrogens with one attached hydrogen (secondary N) is 1. The lowest BCUT2D eigenvalue weighted by Gasteiger charge is -2.34. The van der Waals surface area contributed by atoms with Crippen molar-refractivity contribution < 1.29 is 9.53 Å². The molecule has 22 heavy (non-hydrogen) atoms. The molecule has 2 heterocycles. The van der Waals surface area contributed by atoms with Gasteiger partial charge >= 0.3 is 6.09 Å². The highest BCUT2D eigenvalue weighted by Gasteiger charge is 2.28. The highest BCUT2D eigenvalue weighted by molar-refractivity contribution is 14.1. The standard InChI is InChI=1S/C14H20ClIN4O2/c1-14(2,3)22-13(21)20-6-4-5-9(8-20)18-11-10(16)7-17-12(15)19-11/h7,9H,4-6,8H2,1-3H3,(H,17,18,19). The number of halogens is 2. The third kappa shape index (κ3) is 5.12. The predicted octanol–water partition coefficient (Wildman–Crippen LogP) is 3.55. The molecule has 0 aliphatic carbocycles. The van der Waals surface area contributed by atoms with Gasteiger partial charge in [-0.05, 0) is 67.8 Å². The molecular weight excluding hydrogens is 419 g/mol. The van der Waals surface area contributed by atoms with E-state index in [1.807, 2.05) is 20.8 Å². The Labute approximate surface area is 149 Å². The van der Waals surface area contributed by atoms with Crippen molar-refractivity contribution in [2.75, 3.05) is 18.4 Å². The smallest absolute Gasteiger partial charge is 0.410 e. The molecule has 1 amide bonds. The number of piperidine rings is 1. The zero-order valence-corrected chi connectivity index (χ0v) is 15.8. The minimum absolute atomic E-state index is 0.126. The van der Waals surface area contributed by atoms with Gasteiger partial charge in [-0.2, -0.15) is 4.98 Å². The summed E-state index contributed by atoms with van der Waals surface area (Å²) in [6.45, 7) is 6.92. The minimum atomic E-state index is -0.479. The van der Waals surface area contributed by atoms with Crippen molar-refractivity contribution in [3.8, 4) is 0 Å². The molecule has 1 aromatic heterocycles. The van der Waals surface area contributed by atoms with Crippen molar-refractivity contribution in [1.82, 2.24) is 14.9 Å². The molecule has 1 fully saturated rings. The van der Waals surface area contributed by atoms with E-state index in [0.29, 0.717) is 18.9 Å². The number of hydrogen-bond donors (Lipinski definition) is 1. The fourth-order valence-electron chi connectivity index (χ4n) is 2.23. The molecule has 6 nitrogen and oxygen atoms in total. The molecule has 1 N–H and O–H groups in total. The second kappa shape index (κ2) is 7.16. The summed E-state index contributed by atoms with van der Waals surface area (Å²) in [7, 11) is 0. The van der Waals surface area contributed by atoms with Gasteiger partial charge in [-0.3, -0.25) is 0 Å². The van der Waals surface area contributed by atoms with Crippen LogP contribution in [0.25, 0.3) is 0 Å². The Kier molecular flexibility index (Phi) is 5.70. The first kappa shape index (κ1) is 17.5. The number of carbonyl (C=O) groups is 1. The maximum absolute atomic E-state index is 12.2. The van der Waals surface area contributed by atoms with Gasteiger partial charge in [0.25, 0.3) is 0 Å². The van der Waals surface area contributed by atoms with Crippen molar-refractivity contribution in [2.24, 2.45) is 0 Å². The fraction of sp³-hybridized carbons (Fsp3) is 0.643. The maximum atomic E-state index is 12.2. The molecule has 0 radical (unpaired) electrons. The van der Waals surface area contributed by atoms with Crippen LogP contribution in [-0.4, -0.2) is 45.7 Å². The summed E-state index contributed by atoms with van der Waals surface area (Å²) in [5, 5.41) is 3.56. The number of hydrogen-bond acceptors (Lipinski definition) is 5. The predicted molar refractivity (Wildman–Crippen MR) is 94.2 cm³/mol. The number of ether oxygens (including phenoxy) is 1. The number of nitrogens with zero attached hydrogens (tertiary/aromatic N) is 3. The summed E-state index contributed by atoms with van der Waals surface area (Å²) in [6, 6.07) is 0.126. The van der Waals surface area contributed by atoms with Crippen LogP contribution in [-0.2, 0) is 4.74 Å². The number of aromatic nitrogens is 2. The van der Waals surface area contributed by atoms with Crippen molar-refractivity contribution in [3.05, 3.63) is 15.1 Å². The normalized spacial score (nSPS) is 19.0. The summed E-state index contributed by atoms with van der Waals surface area (Å²) in [6.07, 6.45) is 3.30. The summed E-state index contributed by atoms with van der Waals surface area (Å²) >= 11 is 7.99. The van der Waals surface area contributed by atoms with E-state index < -0.39 is 5.60 Å². The largest absolute Gasteiger partial charge is 0.444 e. The quantitative estimate of drug-likeness (QED) is 0.565. The van der Waals surface area contributed by atoms with E-state index in [4.69, 9.17) is 16.3 Å². The Morgan fingerprint density at radius 1 is 1.55 bits per heavy atom. The Bertz CT molecular complexity index is 550. The fourth-order valence-corrected chi connectivity index (χ4v) is 2.78. The second-order valence-electron chi connectivity index (χ2n) is 6.25. The third-order valence-corrected chi connectivity index (χ3v) is 4.10. The molecule has 0 bridgehead atoms. The first-order valence-corrected chi connectivity index (χ1v) is 8.63. The van der Waals surface area contributed by atoms with Gasteiger partial charge in [0.2, 0.25) is 5.28 Å². The Hall–Kier alpha value is -0.830. The molecule has 8 heteroatoms. The average Bonchev–Trinajstić information content (AvgIpc) is 2.41. The number of likely N-dealkylation sites (tertiary alicyclic amines) is 1. The van der Waals surface area contributed by atoms with Crippen molar-refractivity contribution in [3.63, 3.8) is 0 Å². The van der Waals surface area contributed by atoms with E-state index in [9.17, 15) is 4.79 Å². The van der Waals surface area contributed by atoms with Crippen LogP contribution in [0.5, 0.6) is 0 Å². The Balaban J connectivity index is 1.98. The molecule has 1 aliphatic heterocycles. The second-order valence-corrected chi connectivity index (χ2v) is 7.75. The van der Waals surface area contributed by atoms with Gasteiger partial charge in [-0.25, -0.2) is 9.78 Å². The third-order valence-electron chi connectivity index (χ3n) is 3.13. The minimum Gasteiger partial charge on any atom is -0.444 e. The maximum Gasteiger partial charge on any atom is 0.410 e. The number of anilines is 1. The van der Waals surface area contributed by atoms with Crippen LogP contribution in [0.4, 0.5) is 10.6 Å². The topological polar surface area (TPSA) is 67.3 Å². The molecule has 0 spiro atoms. The van der Waals surface area contributed by atoms with E-state index in [-0.39, 0.29) is 17.4 Å². The summed E-state index contributed by atoms with van der Waals surface area (Å²) in [5.74, 6) is 0.705. The number of rotatable bonds is 2. The lowest BCUT2D eigenvalue weighted by molar-refractivity contribution is 0.0206. The van der Waals surface area contributed by atoms with Gasteiger partial charge in [-0.1, -0.05) is 0 Å². The zero-order chi connectivity index (χ0) is 16.3. The number of amides is 1. The van der Waals surface area contributed by atoms with Gasteiger partial charge in [0.05, 0.1) is 3.57 Å². The molecule has 0 saturated carbocycles. The van der Waals surface area contributed by atoms with Crippen LogP contribution in [0.2, 0.25) is 5.28 Å². The molecule has 0 aromatic carbocycles. The molecule has 1 aliphatic rings. The monoisotopic (exact) mass is 438 g/mol. The Morgan fingerprint density at radius 2 is 2.27 bits per heavy atom. The van der Waals surface area contributed by atoms with E-state index in [1.54, 1.807) is 11.1 Å². The lowest BCUT2D eigenvalue weighted by Crippen LogP contribution is -2.47.